The molecule has 2 atom stereocenters. The lowest BCUT2D eigenvalue weighted by Gasteiger charge is -2.39. The standard InChI is InChI=1S/C19H26N2S2/c1-3-4-17-5-7-18(8-6-17)13-19(14-21-11-10-20-15-21)22-12-9-16(2)23-19/h5-8,10-11,15-16H,3-4,9,12-14H2,1-2H3. The highest BCUT2D eigenvalue weighted by atomic mass is 32.2. The van der Waals surface area contributed by atoms with Crippen LogP contribution in [0, 0.1) is 0 Å². The minimum atomic E-state index is 0.227. The molecule has 3 rings (SSSR count). The molecule has 0 aliphatic carbocycles. The first-order chi connectivity index (χ1) is 11.2. The van der Waals surface area contributed by atoms with Crippen molar-refractivity contribution >= 4 is 23.5 Å². The Hall–Kier alpha value is -0.870. The van der Waals surface area contributed by atoms with Crippen LogP contribution < -0.4 is 0 Å². The molecule has 0 radical (unpaired) electrons. The van der Waals surface area contributed by atoms with E-state index in [4.69, 9.17) is 0 Å². The molecule has 1 aliphatic heterocycles. The molecule has 2 unspecified atom stereocenters. The number of hydrogen-bond donors (Lipinski definition) is 0. The van der Waals surface area contributed by atoms with E-state index < -0.39 is 0 Å². The number of thioether (sulfide) groups is 2. The van der Waals surface area contributed by atoms with Gasteiger partial charge in [-0.1, -0.05) is 44.5 Å². The first kappa shape index (κ1) is 17.0. The molecule has 23 heavy (non-hydrogen) atoms. The molecule has 2 nitrogen and oxygen atoms in total. The smallest absolute Gasteiger partial charge is 0.0946 e. The largest absolute Gasteiger partial charge is 0.335 e. The highest BCUT2D eigenvalue weighted by Crippen LogP contribution is 2.48. The number of benzene rings is 1. The van der Waals surface area contributed by atoms with E-state index in [9.17, 15) is 0 Å². The molecule has 0 spiro atoms. The first-order valence-corrected chi connectivity index (χ1v) is 10.4. The van der Waals surface area contributed by atoms with Crippen molar-refractivity contribution in [1.29, 1.82) is 0 Å². The molecule has 1 aromatic heterocycles. The molecule has 0 bridgehead atoms. The van der Waals surface area contributed by atoms with Crippen LogP contribution in [-0.4, -0.2) is 24.6 Å². The van der Waals surface area contributed by atoms with Gasteiger partial charge in [0.2, 0.25) is 0 Å². The summed E-state index contributed by atoms with van der Waals surface area (Å²) in [6, 6.07) is 9.29. The predicted molar refractivity (Wildman–Crippen MR) is 103 cm³/mol. The maximum Gasteiger partial charge on any atom is 0.0946 e. The van der Waals surface area contributed by atoms with E-state index in [1.807, 2.05) is 12.5 Å². The number of imidazole rings is 1. The van der Waals surface area contributed by atoms with Crippen molar-refractivity contribution in [2.45, 2.75) is 55.4 Å². The van der Waals surface area contributed by atoms with Gasteiger partial charge in [0.15, 0.2) is 0 Å². The van der Waals surface area contributed by atoms with E-state index in [1.54, 1.807) is 0 Å². The lowest BCUT2D eigenvalue weighted by molar-refractivity contribution is 0.613. The zero-order chi connectivity index (χ0) is 16.1. The third kappa shape index (κ3) is 4.57. The van der Waals surface area contributed by atoms with E-state index >= 15 is 0 Å². The SMILES string of the molecule is CCCc1ccc(CC2(Cn3ccnc3)SCCC(C)S2)cc1. The Bertz CT molecular complexity index is 594. The average molecular weight is 347 g/mol. The van der Waals surface area contributed by atoms with Gasteiger partial charge in [-0.25, -0.2) is 4.98 Å². The van der Waals surface area contributed by atoms with Crippen molar-refractivity contribution in [1.82, 2.24) is 9.55 Å². The molecule has 4 heteroatoms. The van der Waals surface area contributed by atoms with Crippen molar-refractivity contribution in [3.63, 3.8) is 0 Å². The van der Waals surface area contributed by atoms with Crippen LogP contribution >= 0.6 is 23.5 Å². The Morgan fingerprint density at radius 1 is 1.26 bits per heavy atom. The van der Waals surface area contributed by atoms with Gasteiger partial charge in [-0.15, -0.1) is 23.5 Å². The second-order valence-electron chi connectivity index (χ2n) is 6.45. The van der Waals surface area contributed by atoms with Gasteiger partial charge in [0.25, 0.3) is 0 Å². The van der Waals surface area contributed by atoms with Gasteiger partial charge in [-0.3, -0.25) is 0 Å². The van der Waals surface area contributed by atoms with E-state index in [-0.39, 0.29) is 4.08 Å². The Balaban J connectivity index is 1.77. The summed E-state index contributed by atoms with van der Waals surface area (Å²) in [7, 11) is 0. The van der Waals surface area contributed by atoms with Crippen LogP contribution in [0.2, 0.25) is 0 Å². The zero-order valence-corrected chi connectivity index (χ0v) is 15.7. The zero-order valence-electron chi connectivity index (χ0n) is 14.1. The fraction of sp³-hybridized carbons (Fsp3) is 0.526. The summed E-state index contributed by atoms with van der Waals surface area (Å²) in [5.41, 5.74) is 2.91. The van der Waals surface area contributed by atoms with Crippen LogP contribution in [-0.2, 0) is 19.4 Å². The maximum absolute atomic E-state index is 4.22. The van der Waals surface area contributed by atoms with E-state index in [2.05, 4.69) is 77.4 Å². The predicted octanol–water partition coefficient (Wildman–Crippen LogP) is 5.03. The molecule has 2 aromatic rings. The fourth-order valence-corrected chi connectivity index (χ4v) is 7.14. The average Bonchev–Trinajstić information content (AvgIpc) is 3.02. The molecule has 0 N–H and O–H groups in total. The third-order valence-corrected chi connectivity index (χ3v) is 7.55. The van der Waals surface area contributed by atoms with Gasteiger partial charge in [-0.2, -0.15) is 0 Å². The molecule has 1 aromatic carbocycles. The summed E-state index contributed by atoms with van der Waals surface area (Å²) in [5, 5.41) is 0.735. The Morgan fingerprint density at radius 2 is 2.04 bits per heavy atom. The normalized spacial score (nSPS) is 24.7. The highest BCUT2D eigenvalue weighted by molar-refractivity contribution is 8.19. The van der Waals surface area contributed by atoms with Crippen LogP contribution in [0.3, 0.4) is 0 Å². The highest BCUT2D eigenvalue weighted by Gasteiger charge is 2.37. The second-order valence-corrected chi connectivity index (χ2v) is 10.0. The molecular formula is C19H26N2S2. The summed E-state index contributed by atoms with van der Waals surface area (Å²) in [6.07, 6.45) is 10.8. The Labute approximate surface area is 148 Å². The topological polar surface area (TPSA) is 17.8 Å². The summed E-state index contributed by atoms with van der Waals surface area (Å²) < 4.78 is 2.47. The molecule has 1 aliphatic rings. The van der Waals surface area contributed by atoms with Crippen molar-refractivity contribution in [3.05, 3.63) is 54.1 Å². The van der Waals surface area contributed by atoms with Gasteiger partial charge in [0.1, 0.15) is 0 Å². The number of rotatable bonds is 6. The number of nitrogens with zero attached hydrogens (tertiary/aromatic N) is 2. The summed E-state index contributed by atoms with van der Waals surface area (Å²) in [4.78, 5) is 4.22. The van der Waals surface area contributed by atoms with E-state index in [1.165, 1.54) is 36.1 Å². The minimum Gasteiger partial charge on any atom is -0.335 e. The van der Waals surface area contributed by atoms with Gasteiger partial charge in [-0.05, 0) is 36.1 Å². The minimum absolute atomic E-state index is 0.227. The lowest BCUT2D eigenvalue weighted by atomic mass is 10.0. The van der Waals surface area contributed by atoms with E-state index in [0.717, 1.165) is 18.2 Å². The van der Waals surface area contributed by atoms with Crippen molar-refractivity contribution in [3.8, 4) is 0 Å². The number of aromatic nitrogens is 2. The van der Waals surface area contributed by atoms with Gasteiger partial charge >= 0.3 is 0 Å². The second kappa shape index (κ2) is 7.80. The maximum atomic E-state index is 4.22. The monoisotopic (exact) mass is 346 g/mol. The molecule has 0 saturated carbocycles. The molecule has 1 fully saturated rings. The number of aryl methyl sites for hydroxylation is 1. The summed E-state index contributed by atoms with van der Waals surface area (Å²) >= 11 is 4.29. The number of hydrogen-bond acceptors (Lipinski definition) is 3. The van der Waals surface area contributed by atoms with Gasteiger partial charge < -0.3 is 4.57 Å². The molecule has 0 amide bonds. The summed E-state index contributed by atoms with van der Waals surface area (Å²) in [5.74, 6) is 1.26. The Morgan fingerprint density at radius 3 is 2.70 bits per heavy atom. The van der Waals surface area contributed by atoms with Crippen LogP contribution in [0.5, 0.6) is 0 Å². The van der Waals surface area contributed by atoms with Crippen molar-refractivity contribution in [2.75, 3.05) is 5.75 Å². The van der Waals surface area contributed by atoms with Crippen molar-refractivity contribution in [2.24, 2.45) is 0 Å². The van der Waals surface area contributed by atoms with Crippen LogP contribution in [0.4, 0.5) is 0 Å². The van der Waals surface area contributed by atoms with Gasteiger partial charge in [0.05, 0.1) is 10.4 Å². The van der Waals surface area contributed by atoms with Crippen molar-refractivity contribution < 1.29 is 0 Å². The summed E-state index contributed by atoms with van der Waals surface area (Å²) in [6.45, 7) is 5.64. The van der Waals surface area contributed by atoms with Crippen LogP contribution in [0.1, 0.15) is 37.8 Å². The van der Waals surface area contributed by atoms with Gasteiger partial charge in [0, 0.05) is 24.2 Å². The Kier molecular flexibility index (Phi) is 5.76. The third-order valence-electron chi connectivity index (χ3n) is 4.32. The molecular weight excluding hydrogens is 320 g/mol. The van der Waals surface area contributed by atoms with Crippen LogP contribution in [0.25, 0.3) is 0 Å². The molecule has 2 heterocycles. The lowest BCUT2D eigenvalue weighted by Crippen LogP contribution is -2.35. The first-order valence-electron chi connectivity index (χ1n) is 8.54. The van der Waals surface area contributed by atoms with E-state index in [0.29, 0.717) is 0 Å². The molecule has 1 saturated heterocycles. The fourth-order valence-electron chi connectivity index (χ4n) is 3.18. The quantitative estimate of drug-likeness (QED) is 0.730. The van der Waals surface area contributed by atoms with Crippen LogP contribution in [0.15, 0.2) is 43.0 Å². The molecule has 124 valence electrons.